The van der Waals surface area contributed by atoms with Crippen LogP contribution in [0.1, 0.15) is 24.2 Å². The number of para-hydroxylation sites is 1. The monoisotopic (exact) mass is 269 g/mol. The Kier molecular flexibility index (Phi) is 5.25. The van der Waals surface area contributed by atoms with Crippen molar-refractivity contribution in [1.29, 1.82) is 0 Å². The summed E-state index contributed by atoms with van der Waals surface area (Å²) in [7, 11) is 0. The molecule has 0 amide bonds. The van der Waals surface area contributed by atoms with Crippen molar-refractivity contribution < 1.29 is 24.3 Å². The van der Waals surface area contributed by atoms with E-state index in [2.05, 4.69) is 0 Å². The van der Waals surface area contributed by atoms with Crippen LogP contribution < -0.4 is 4.74 Å². The molecule has 0 fully saturated rings. The maximum Gasteiger partial charge on any atom is 0.342 e. The van der Waals surface area contributed by atoms with Gasteiger partial charge >= 0.3 is 11.7 Å². The molecule has 0 saturated heterocycles. The van der Waals surface area contributed by atoms with Crippen LogP contribution in [0.5, 0.6) is 5.75 Å². The van der Waals surface area contributed by atoms with Gasteiger partial charge in [-0.2, -0.15) is 0 Å². The van der Waals surface area contributed by atoms with Gasteiger partial charge in [0.05, 0.1) is 17.6 Å². The highest BCUT2D eigenvalue weighted by molar-refractivity contribution is 5.93. The number of ether oxygens (including phenoxy) is 2. The van der Waals surface area contributed by atoms with E-state index in [-0.39, 0.29) is 25.1 Å². The Hall–Kier alpha value is -2.15. The molecule has 1 rings (SSSR count). The summed E-state index contributed by atoms with van der Waals surface area (Å²) in [5.41, 5.74) is -0.938. The summed E-state index contributed by atoms with van der Waals surface area (Å²) in [5, 5.41) is 19.8. The Bertz CT molecular complexity index is 471. The smallest absolute Gasteiger partial charge is 0.342 e. The summed E-state index contributed by atoms with van der Waals surface area (Å²) in [4.78, 5) is 21.1. The summed E-state index contributed by atoms with van der Waals surface area (Å²) in [6.45, 7) is 4.09. The minimum Gasteiger partial charge on any atom is -0.484 e. The van der Waals surface area contributed by atoms with Crippen LogP contribution in [-0.4, -0.2) is 35.3 Å². The normalized spacial score (nSPS) is 10.5. The molecule has 0 aliphatic rings. The summed E-state index contributed by atoms with van der Waals surface area (Å²) < 4.78 is 10.4. The number of hydrogen-bond donors (Lipinski definition) is 1. The van der Waals surface area contributed by atoms with E-state index < -0.39 is 22.1 Å². The predicted octanol–water partition coefficient (Wildman–Crippen LogP) is 2.10. The largest absolute Gasteiger partial charge is 0.484 e. The zero-order valence-corrected chi connectivity index (χ0v) is 10.7. The highest BCUT2D eigenvalue weighted by atomic mass is 16.6. The number of nitrogens with zero attached hydrogens (tertiary/aromatic N) is 1. The van der Waals surface area contributed by atoms with Gasteiger partial charge in [-0.25, -0.2) is 4.79 Å². The van der Waals surface area contributed by atoms with Crippen LogP contribution in [0.15, 0.2) is 18.2 Å². The van der Waals surface area contributed by atoms with Gasteiger partial charge in [-0.05, 0) is 26.0 Å². The summed E-state index contributed by atoms with van der Waals surface area (Å²) in [5.74, 6) is -1.44. The van der Waals surface area contributed by atoms with Crippen molar-refractivity contribution in [2.24, 2.45) is 0 Å². The lowest BCUT2D eigenvalue weighted by Gasteiger charge is -2.10. The number of carboxylic acid groups (broad SMARTS) is 1. The first-order chi connectivity index (χ1) is 8.93. The summed E-state index contributed by atoms with van der Waals surface area (Å²) >= 11 is 0. The molecule has 0 atom stereocenters. The third-order valence-electron chi connectivity index (χ3n) is 2.20. The van der Waals surface area contributed by atoms with E-state index >= 15 is 0 Å². The number of carbonyl (C=O) groups is 1. The van der Waals surface area contributed by atoms with Crippen molar-refractivity contribution in [2.45, 2.75) is 20.0 Å². The Balaban J connectivity index is 2.85. The fourth-order valence-electron chi connectivity index (χ4n) is 1.44. The van der Waals surface area contributed by atoms with Gasteiger partial charge in [-0.15, -0.1) is 0 Å². The highest BCUT2D eigenvalue weighted by Crippen LogP contribution is 2.30. The van der Waals surface area contributed by atoms with E-state index in [1.165, 1.54) is 12.1 Å². The first-order valence-corrected chi connectivity index (χ1v) is 5.68. The standard InChI is InChI=1S/C12H15NO6/c1-8(2)18-6-7-19-10-5-3-4-9(12(14)15)11(10)13(16)17/h3-5,8H,6-7H2,1-2H3,(H,14,15). The lowest BCUT2D eigenvalue weighted by molar-refractivity contribution is -0.386. The van der Waals surface area contributed by atoms with Crippen molar-refractivity contribution >= 4 is 11.7 Å². The van der Waals surface area contributed by atoms with Crippen LogP contribution in [0, 0.1) is 10.1 Å². The lowest BCUT2D eigenvalue weighted by Crippen LogP contribution is -2.12. The van der Waals surface area contributed by atoms with Crippen molar-refractivity contribution in [3.63, 3.8) is 0 Å². The number of rotatable bonds is 7. The van der Waals surface area contributed by atoms with Gasteiger partial charge in [-0.3, -0.25) is 10.1 Å². The number of benzene rings is 1. The molecule has 1 aromatic rings. The number of nitro benzene ring substituents is 1. The Morgan fingerprint density at radius 1 is 1.42 bits per heavy atom. The molecule has 1 N–H and O–H groups in total. The van der Waals surface area contributed by atoms with Crippen molar-refractivity contribution in [3.8, 4) is 5.75 Å². The number of carboxylic acids is 1. The van der Waals surface area contributed by atoms with E-state index in [1.807, 2.05) is 13.8 Å². The minimum absolute atomic E-state index is 0.0314. The zero-order chi connectivity index (χ0) is 14.4. The van der Waals surface area contributed by atoms with Crippen LogP contribution >= 0.6 is 0 Å². The summed E-state index contributed by atoms with van der Waals surface area (Å²) in [6.07, 6.45) is 0.0314. The Labute approximate surface area is 109 Å². The van der Waals surface area contributed by atoms with Gasteiger partial charge in [0.1, 0.15) is 12.2 Å². The van der Waals surface area contributed by atoms with Crippen molar-refractivity contribution in [3.05, 3.63) is 33.9 Å². The highest BCUT2D eigenvalue weighted by Gasteiger charge is 2.25. The molecule has 0 radical (unpaired) electrons. The van der Waals surface area contributed by atoms with E-state index in [4.69, 9.17) is 14.6 Å². The molecule has 7 nitrogen and oxygen atoms in total. The van der Waals surface area contributed by atoms with Crippen LogP contribution in [0.25, 0.3) is 0 Å². The average molecular weight is 269 g/mol. The lowest BCUT2D eigenvalue weighted by atomic mass is 10.1. The van der Waals surface area contributed by atoms with Crippen LogP contribution in [-0.2, 0) is 4.74 Å². The second-order valence-electron chi connectivity index (χ2n) is 3.98. The van der Waals surface area contributed by atoms with Crippen molar-refractivity contribution in [2.75, 3.05) is 13.2 Å². The average Bonchev–Trinajstić information content (AvgIpc) is 2.33. The molecule has 0 unspecified atom stereocenters. The molecule has 0 bridgehead atoms. The molecular formula is C12H15NO6. The van der Waals surface area contributed by atoms with Crippen LogP contribution in [0.4, 0.5) is 5.69 Å². The third kappa shape index (κ3) is 4.22. The predicted molar refractivity (Wildman–Crippen MR) is 66.6 cm³/mol. The second kappa shape index (κ2) is 6.69. The van der Waals surface area contributed by atoms with Gasteiger partial charge in [0.25, 0.3) is 0 Å². The third-order valence-corrected chi connectivity index (χ3v) is 2.20. The van der Waals surface area contributed by atoms with Gasteiger partial charge in [0, 0.05) is 0 Å². The molecule has 19 heavy (non-hydrogen) atoms. The van der Waals surface area contributed by atoms with Gasteiger partial charge in [0.15, 0.2) is 5.75 Å². The first-order valence-electron chi connectivity index (χ1n) is 5.68. The molecule has 0 spiro atoms. The second-order valence-corrected chi connectivity index (χ2v) is 3.98. The number of hydrogen-bond acceptors (Lipinski definition) is 5. The van der Waals surface area contributed by atoms with Gasteiger partial charge < -0.3 is 14.6 Å². The topological polar surface area (TPSA) is 98.9 Å². The molecule has 1 aromatic carbocycles. The fourth-order valence-corrected chi connectivity index (χ4v) is 1.44. The van der Waals surface area contributed by atoms with Crippen molar-refractivity contribution in [1.82, 2.24) is 0 Å². The maximum absolute atomic E-state index is 10.9. The molecule has 0 aromatic heterocycles. The molecule has 0 saturated carbocycles. The van der Waals surface area contributed by atoms with Crippen LogP contribution in [0.2, 0.25) is 0 Å². The number of nitro groups is 1. The molecule has 0 aliphatic carbocycles. The quantitative estimate of drug-likeness (QED) is 0.462. The van der Waals surface area contributed by atoms with Crippen LogP contribution in [0.3, 0.4) is 0 Å². The molecular weight excluding hydrogens is 254 g/mol. The molecule has 0 heterocycles. The molecule has 0 aliphatic heterocycles. The summed E-state index contributed by atoms with van der Waals surface area (Å²) in [6, 6.07) is 3.92. The van der Waals surface area contributed by atoms with Gasteiger partial charge in [0.2, 0.25) is 0 Å². The van der Waals surface area contributed by atoms with E-state index in [0.29, 0.717) is 0 Å². The Morgan fingerprint density at radius 3 is 2.63 bits per heavy atom. The van der Waals surface area contributed by atoms with E-state index in [1.54, 1.807) is 0 Å². The van der Waals surface area contributed by atoms with E-state index in [0.717, 1.165) is 6.07 Å². The molecule has 7 heteroatoms. The first kappa shape index (κ1) is 14.9. The molecule has 104 valence electrons. The van der Waals surface area contributed by atoms with Gasteiger partial charge in [-0.1, -0.05) is 6.07 Å². The Morgan fingerprint density at radius 2 is 2.11 bits per heavy atom. The maximum atomic E-state index is 10.9. The zero-order valence-electron chi connectivity index (χ0n) is 10.7. The fraction of sp³-hybridized carbons (Fsp3) is 0.417. The number of aromatic carboxylic acids is 1. The van der Waals surface area contributed by atoms with E-state index in [9.17, 15) is 14.9 Å². The SMILES string of the molecule is CC(C)OCCOc1cccc(C(=O)O)c1[N+](=O)[O-]. The minimum atomic E-state index is -1.37.